The minimum absolute atomic E-state index is 0.163. The van der Waals surface area contributed by atoms with Crippen LogP contribution in [0.15, 0.2) is 18.2 Å². The second-order valence-corrected chi connectivity index (χ2v) is 4.51. The van der Waals surface area contributed by atoms with Gasteiger partial charge in [-0.3, -0.25) is 9.59 Å². The monoisotopic (exact) mass is 294 g/mol. The van der Waals surface area contributed by atoms with Gasteiger partial charge in [-0.2, -0.15) is 0 Å². The Hall–Kier alpha value is -2.24. The molecule has 0 heterocycles. The van der Waals surface area contributed by atoms with Crippen LogP contribution in [0.2, 0.25) is 0 Å². The van der Waals surface area contributed by atoms with Gasteiger partial charge in [-0.25, -0.2) is 0 Å². The number of esters is 1. The lowest BCUT2D eigenvalue weighted by Gasteiger charge is -2.17. The zero-order chi connectivity index (χ0) is 15.8. The summed E-state index contributed by atoms with van der Waals surface area (Å²) in [5.41, 5.74) is 6.66. The van der Waals surface area contributed by atoms with E-state index in [1.165, 1.54) is 4.90 Å². The van der Waals surface area contributed by atoms with Gasteiger partial charge in [-0.05, 0) is 26.0 Å². The molecule has 0 bridgehead atoms. The molecule has 1 rings (SSSR count). The van der Waals surface area contributed by atoms with Gasteiger partial charge in [0.1, 0.15) is 5.75 Å². The first kappa shape index (κ1) is 16.8. The highest BCUT2D eigenvalue weighted by atomic mass is 16.5. The molecule has 0 aliphatic heterocycles. The fourth-order valence-electron chi connectivity index (χ4n) is 1.81. The number of anilines is 1. The van der Waals surface area contributed by atoms with Crippen molar-refractivity contribution in [3.05, 3.63) is 23.8 Å². The largest absolute Gasteiger partial charge is 0.494 e. The number of nitrogens with two attached hydrogens (primary N) is 1. The summed E-state index contributed by atoms with van der Waals surface area (Å²) in [6.07, 6.45) is 0.163. The Kier molecular flexibility index (Phi) is 6.52. The molecule has 0 aliphatic rings. The third-order valence-electron chi connectivity index (χ3n) is 2.79. The van der Waals surface area contributed by atoms with Crippen molar-refractivity contribution in [2.75, 3.05) is 32.5 Å². The van der Waals surface area contributed by atoms with Gasteiger partial charge < -0.3 is 20.1 Å². The Morgan fingerprint density at radius 1 is 1.19 bits per heavy atom. The number of carbonyl (C=O) groups is 2. The Morgan fingerprint density at radius 3 is 2.52 bits per heavy atom. The van der Waals surface area contributed by atoms with Gasteiger partial charge in [0.15, 0.2) is 0 Å². The Bertz CT molecular complexity index is 502. The van der Waals surface area contributed by atoms with E-state index in [1.54, 1.807) is 32.2 Å². The van der Waals surface area contributed by atoms with Crippen molar-refractivity contribution >= 4 is 17.6 Å². The van der Waals surface area contributed by atoms with Gasteiger partial charge >= 0.3 is 5.97 Å². The van der Waals surface area contributed by atoms with Crippen LogP contribution in [0.5, 0.6) is 5.75 Å². The molecular formula is C15H22N2O4. The van der Waals surface area contributed by atoms with Crippen molar-refractivity contribution in [3.8, 4) is 5.75 Å². The molecule has 0 saturated heterocycles. The molecule has 0 atom stereocenters. The smallest absolute Gasteiger partial charge is 0.307 e. The van der Waals surface area contributed by atoms with E-state index in [0.29, 0.717) is 30.2 Å². The fraction of sp³-hybridized carbons (Fsp3) is 0.467. The van der Waals surface area contributed by atoms with Crippen LogP contribution in [-0.4, -0.2) is 43.6 Å². The minimum atomic E-state index is -0.320. The maximum Gasteiger partial charge on any atom is 0.307 e. The third kappa shape index (κ3) is 5.33. The Balaban J connectivity index is 2.71. The molecule has 116 valence electrons. The van der Waals surface area contributed by atoms with E-state index >= 15 is 0 Å². The molecule has 0 saturated carbocycles. The number of ether oxygens (including phenoxy) is 2. The van der Waals surface area contributed by atoms with Crippen molar-refractivity contribution < 1.29 is 19.1 Å². The molecule has 0 unspecified atom stereocenters. The van der Waals surface area contributed by atoms with Crippen molar-refractivity contribution in [2.24, 2.45) is 0 Å². The SMILES string of the molecule is CCOC(=O)CCN(C)C(=O)c1cc(N)cc(OCC)c1. The molecule has 1 aromatic rings. The normalized spacial score (nSPS) is 10.0. The second-order valence-electron chi connectivity index (χ2n) is 4.51. The molecule has 0 spiro atoms. The van der Waals surface area contributed by atoms with Gasteiger partial charge in [-0.15, -0.1) is 0 Å². The van der Waals surface area contributed by atoms with E-state index in [2.05, 4.69) is 0 Å². The van der Waals surface area contributed by atoms with Gasteiger partial charge in [0.25, 0.3) is 5.91 Å². The van der Waals surface area contributed by atoms with E-state index < -0.39 is 0 Å². The zero-order valence-electron chi connectivity index (χ0n) is 12.7. The van der Waals surface area contributed by atoms with E-state index in [9.17, 15) is 9.59 Å². The average molecular weight is 294 g/mol. The lowest BCUT2D eigenvalue weighted by molar-refractivity contribution is -0.143. The zero-order valence-corrected chi connectivity index (χ0v) is 12.7. The highest BCUT2D eigenvalue weighted by molar-refractivity contribution is 5.95. The van der Waals surface area contributed by atoms with Crippen LogP contribution in [0.25, 0.3) is 0 Å². The Morgan fingerprint density at radius 2 is 1.90 bits per heavy atom. The van der Waals surface area contributed by atoms with Crippen LogP contribution in [0.1, 0.15) is 30.6 Å². The first-order valence-corrected chi connectivity index (χ1v) is 6.92. The topological polar surface area (TPSA) is 81.9 Å². The maximum atomic E-state index is 12.3. The molecule has 1 aromatic carbocycles. The second kappa shape index (κ2) is 8.14. The summed E-state index contributed by atoms with van der Waals surface area (Å²) in [5.74, 6) is 0.0203. The van der Waals surface area contributed by atoms with Crippen molar-refractivity contribution in [3.63, 3.8) is 0 Å². The summed E-state index contributed by atoms with van der Waals surface area (Å²) >= 11 is 0. The predicted octanol–water partition coefficient (Wildman–Crippen LogP) is 1.69. The van der Waals surface area contributed by atoms with Crippen LogP contribution in [0, 0.1) is 0 Å². The van der Waals surface area contributed by atoms with Crippen molar-refractivity contribution in [1.29, 1.82) is 0 Å². The summed E-state index contributed by atoms with van der Waals surface area (Å²) in [6.45, 7) is 4.72. The predicted molar refractivity (Wildman–Crippen MR) is 80.2 cm³/mol. The number of carbonyl (C=O) groups excluding carboxylic acids is 2. The molecule has 2 N–H and O–H groups in total. The minimum Gasteiger partial charge on any atom is -0.494 e. The number of hydrogen-bond acceptors (Lipinski definition) is 5. The molecule has 1 amide bonds. The van der Waals surface area contributed by atoms with Gasteiger partial charge in [0.05, 0.1) is 19.6 Å². The van der Waals surface area contributed by atoms with Crippen molar-refractivity contribution in [1.82, 2.24) is 4.90 Å². The molecular weight excluding hydrogens is 272 g/mol. The van der Waals surface area contributed by atoms with E-state index in [0.717, 1.165) is 0 Å². The highest BCUT2D eigenvalue weighted by Crippen LogP contribution is 2.20. The van der Waals surface area contributed by atoms with Gasteiger partial charge in [0, 0.05) is 30.9 Å². The van der Waals surface area contributed by atoms with Crippen LogP contribution < -0.4 is 10.5 Å². The fourth-order valence-corrected chi connectivity index (χ4v) is 1.81. The van der Waals surface area contributed by atoms with E-state index in [4.69, 9.17) is 15.2 Å². The van der Waals surface area contributed by atoms with Gasteiger partial charge in [0.2, 0.25) is 0 Å². The van der Waals surface area contributed by atoms with Crippen LogP contribution in [0.3, 0.4) is 0 Å². The molecule has 6 nitrogen and oxygen atoms in total. The summed E-state index contributed by atoms with van der Waals surface area (Å²) in [5, 5.41) is 0. The third-order valence-corrected chi connectivity index (χ3v) is 2.79. The van der Waals surface area contributed by atoms with Crippen LogP contribution in [0.4, 0.5) is 5.69 Å². The first-order chi connectivity index (χ1) is 9.97. The van der Waals surface area contributed by atoms with E-state index in [-0.39, 0.29) is 24.8 Å². The standard InChI is InChI=1S/C15H22N2O4/c1-4-20-13-9-11(8-12(16)10-13)15(19)17(3)7-6-14(18)21-5-2/h8-10H,4-7,16H2,1-3H3. The summed E-state index contributed by atoms with van der Waals surface area (Å²) < 4.78 is 10.2. The molecule has 0 aliphatic carbocycles. The number of benzene rings is 1. The first-order valence-electron chi connectivity index (χ1n) is 6.92. The summed E-state index contributed by atoms with van der Waals surface area (Å²) in [6, 6.07) is 4.90. The molecule has 6 heteroatoms. The average Bonchev–Trinajstić information content (AvgIpc) is 2.44. The number of rotatable bonds is 7. The number of nitrogens with zero attached hydrogens (tertiary/aromatic N) is 1. The maximum absolute atomic E-state index is 12.3. The van der Waals surface area contributed by atoms with E-state index in [1.807, 2.05) is 6.92 Å². The molecule has 0 radical (unpaired) electrons. The molecule has 0 aromatic heterocycles. The van der Waals surface area contributed by atoms with Crippen LogP contribution >= 0.6 is 0 Å². The summed E-state index contributed by atoms with van der Waals surface area (Å²) in [7, 11) is 1.63. The highest BCUT2D eigenvalue weighted by Gasteiger charge is 2.15. The lowest BCUT2D eigenvalue weighted by Crippen LogP contribution is -2.29. The lowest BCUT2D eigenvalue weighted by atomic mass is 10.1. The summed E-state index contributed by atoms with van der Waals surface area (Å²) in [4.78, 5) is 25.0. The number of nitrogen functional groups attached to an aromatic ring is 1. The van der Waals surface area contributed by atoms with Crippen LogP contribution in [-0.2, 0) is 9.53 Å². The number of amides is 1. The van der Waals surface area contributed by atoms with Crippen molar-refractivity contribution in [2.45, 2.75) is 20.3 Å². The number of hydrogen-bond donors (Lipinski definition) is 1. The Labute approximate surface area is 124 Å². The molecule has 0 fully saturated rings. The van der Waals surface area contributed by atoms with Gasteiger partial charge in [-0.1, -0.05) is 0 Å². The molecule has 21 heavy (non-hydrogen) atoms. The quantitative estimate of drug-likeness (QED) is 0.611.